The summed E-state index contributed by atoms with van der Waals surface area (Å²) in [6, 6.07) is 10.9. The van der Waals surface area contributed by atoms with E-state index in [1.54, 1.807) is 43.1 Å². The highest BCUT2D eigenvalue weighted by atomic mass is 32.2. The minimum Gasteiger partial charge on any atom is -0.497 e. The second-order valence-electron chi connectivity index (χ2n) is 7.87. The van der Waals surface area contributed by atoms with Crippen LogP contribution in [0.5, 0.6) is 5.75 Å². The lowest BCUT2D eigenvalue weighted by Crippen LogP contribution is -2.38. The third kappa shape index (κ3) is 5.14. The number of benzene rings is 1. The first-order valence-corrected chi connectivity index (χ1v) is 12.2. The molecule has 2 aromatic heterocycles. The van der Waals surface area contributed by atoms with Crippen molar-refractivity contribution in [2.45, 2.75) is 31.5 Å². The normalized spacial score (nSPS) is 16.5. The van der Waals surface area contributed by atoms with Gasteiger partial charge < -0.3 is 15.4 Å². The summed E-state index contributed by atoms with van der Waals surface area (Å²) in [5.41, 5.74) is 1.47. The zero-order chi connectivity index (χ0) is 24.1. The van der Waals surface area contributed by atoms with E-state index in [0.29, 0.717) is 23.6 Å². The number of nitrogens with zero attached hydrogens (tertiary/aromatic N) is 4. The van der Waals surface area contributed by atoms with Crippen LogP contribution in [0.3, 0.4) is 0 Å². The lowest BCUT2D eigenvalue weighted by atomic mass is 10.1. The van der Waals surface area contributed by atoms with Crippen molar-refractivity contribution < 1.29 is 19.1 Å². The van der Waals surface area contributed by atoms with Gasteiger partial charge in [0.1, 0.15) is 11.8 Å². The summed E-state index contributed by atoms with van der Waals surface area (Å²) in [4.78, 5) is 39.3. The number of thioether (sulfide) groups is 1. The van der Waals surface area contributed by atoms with Gasteiger partial charge in [-0.25, -0.2) is 4.79 Å². The maximum absolute atomic E-state index is 12.9. The minimum atomic E-state index is -0.915. The van der Waals surface area contributed by atoms with Gasteiger partial charge in [0.2, 0.25) is 5.91 Å². The van der Waals surface area contributed by atoms with Crippen LogP contribution < -0.4 is 15.4 Å². The molecule has 0 aliphatic carbocycles. The smallest absolute Gasteiger partial charge is 0.325 e. The number of carbonyl (C=O) groups excluding carboxylic acids is 3. The standard InChI is InChI=1S/C23H26N6O4S/c1-33-16-8-6-15(7-9-16)14-29-22(31)18(25-23(29)32)13-20(30)24-17(10-12-34-2)21-27-26-19-5-3-4-11-28(19)21/h3-9,11,17-18H,10,12-14H2,1-2H3,(H,24,30)(H,25,32)/t17-,18-/m0/s1. The molecule has 0 bridgehead atoms. The lowest BCUT2D eigenvalue weighted by molar-refractivity contribution is -0.131. The highest BCUT2D eigenvalue weighted by Gasteiger charge is 2.39. The Hall–Kier alpha value is -3.60. The molecule has 0 saturated carbocycles. The van der Waals surface area contributed by atoms with Gasteiger partial charge in [-0.1, -0.05) is 18.2 Å². The van der Waals surface area contributed by atoms with E-state index in [1.807, 2.05) is 35.1 Å². The lowest BCUT2D eigenvalue weighted by Gasteiger charge is -2.18. The molecule has 4 rings (SSSR count). The fourth-order valence-electron chi connectivity index (χ4n) is 3.82. The monoisotopic (exact) mass is 482 g/mol. The molecular weight excluding hydrogens is 456 g/mol. The number of aromatic nitrogens is 3. The molecule has 1 aromatic carbocycles. The topological polar surface area (TPSA) is 118 Å². The molecule has 1 aliphatic rings. The first-order chi connectivity index (χ1) is 16.5. The van der Waals surface area contributed by atoms with Crippen molar-refractivity contribution in [2.75, 3.05) is 19.1 Å². The van der Waals surface area contributed by atoms with Gasteiger partial charge in [0.25, 0.3) is 5.91 Å². The van der Waals surface area contributed by atoms with Gasteiger partial charge in [-0.3, -0.25) is 18.9 Å². The molecule has 1 saturated heterocycles. The third-order valence-corrected chi connectivity index (χ3v) is 6.24. The quantitative estimate of drug-likeness (QED) is 0.425. The van der Waals surface area contributed by atoms with E-state index in [0.717, 1.165) is 16.2 Å². The summed E-state index contributed by atoms with van der Waals surface area (Å²) in [5, 5.41) is 14.0. The van der Waals surface area contributed by atoms with Crippen molar-refractivity contribution in [3.8, 4) is 5.75 Å². The molecule has 1 fully saturated rings. The number of carbonyl (C=O) groups is 3. The molecule has 3 aromatic rings. The zero-order valence-corrected chi connectivity index (χ0v) is 19.7. The van der Waals surface area contributed by atoms with Crippen LogP contribution >= 0.6 is 11.8 Å². The summed E-state index contributed by atoms with van der Waals surface area (Å²) in [6.45, 7) is 0.120. The number of ether oxygens (including phenoxy) is 1. The Kier molecular flexibility index (Phi) is 7.31. The Morgan fingerprint density at radius 1 is 1.21 bits per heavy atom. The van der Waals surface area contributed by atoms with Crippen LogP contribution in [-0.2, 0) is 16.1 Å². The Bertz CT molecular complexity index is 1180. The average molecular weight is 483 g/mol. The molecule has 0 radical (unpaired) electrons. The maximum Gasteiger partial charge on any atom is 0.325 e. The first kappa shape index (κ1) is 23.6. The SMILES string of the molecule is COc1ccc(CN2C(=O)N[C@@H](CC(=O)N[C@@H](CCSC)c3nnc4ccccn34)C2=O)cc1. The number of methoxy groups -OCH3 is 1. The summed E-state index contributed by atoms with van der Waals surface area (Å²) in [7, 11) is 1.57. The van der Waals surface area contributed by atoms with Gasteiger partial charge in [0.15, 0.2) is 11.5 Å². The number of fused-ring (bicyclic) bond motifs is 1. The Morgan fingerprint density at radius 2 is 2.00 bits per heavy atom. The molecule has 2 atom stereocenters. The van der Waals surface area contributed by atoms with E-state index >= 15 is 0 Å². The van der Waals surface area contributed by atoms with Crippen molar-refractivity contribution >= 4 is 35.3 Å². The number of imide groups is 1. The van der Waals surface area contributed by atoms with Crippen LogP contribution in [0.4, 0.5) is 4.79 Å². The molecular formula is C23H26N6O4S. The van der Waals surface area contributed by atoms with Crippen LogP contribution in [0, 0.1) is 0 Å². The fraction of sp³-hybridized carbons (Fsp3) is 0.348. The van der Waals surface area contributed by atoms with E-state index in [-0.39, 0.29) is 24.9 Å². The number of hydrogen-bond donors (Lipinski definition) is 2. The summed E-state index contributed by atoms with van der Waals surface area (Å²) in [6.07, 6.45) is 4.33. The Morgan fingerprint density at radius 3 is 2.74 bits per heavy atom. The highest BCUT2D eigenvalue weighted by Crippen LogP contribution is 2.20. The molecule has 2 N–H and O–H groups in total. The largest absolute Gasteiger partial charge is 0.497 e. The van der Waals surface area contributed by atoms with E-state index in [2.05, 4.69) is 20.8 Å². The molecule has 0 unspecified atom stereocenters. The molecule has 10 nitrogen and oxygen atoms in total. The Balaban J connectivity index is 1.41. The number of urea groups is 1. The predicted octanol–water partition coefficient (Wildman–Crippen LogP) is 2.16. The number of nitrogens with one attached hydrogen (secondary N) is 2. The van der Waals surface area contributed by atoms with Crippen LogP contribution in [0.25, 0.3) is 5.65 Å². The van der Waals surface area contributed by atoms with Crippen molar-refractivity contribution in [1.82, 2.24) is 30.1 Å². The van der Waals surface area contributed by atoms with E-state index < -0.39 is 18.0 Å². The molecule has 34 heavy (non-hydrogen) atoms. The van der Waals surface area contributed by atoms with Gasteiger partial charge >= 0.3 is 6.03 Å². The fourth-order valence-corrected chi connectivity index (χ4v) is 4.29. The highest BCUT2D eigenvalue weighted by molar-refractivity contribution is 7.98. The predicted molar refractivity (Wildman–Crippen MR) is 127 cm³/mol. The van der Waals surface area contributed by atoms with Crippen molar-refractivity contribution in [3.05, 3.63) is 60.0 Å². The Labute approximate surface area is 201 Å². The summed E-state index contributed by atoms with van der Waals surface area (Å²) < 4.78 is 6.97. The van der Waals surface area contributed by atoms with Gasteiger partial charge in [-0.05, 0) is 48.3 Å². The van der Waals surface area contributed by atoms with Crippen molar-refractivity contribution in [1.29, 1.82) is 0 Å². The molecule has 3 heterocycles. The molecule has 1 aliphatic heterocycles. The number of amides is 4. The number of pyridine rings is 1. The van der Waals surface area contributed by atoms with Crippen molar-refractivity contribution in [3.63, 3.8) is 0 Å². The van der Waals surface area contributed by atoms with Gasteiger partial charge in [-0.2, -0.15) is 11.8 Å². The third-order valence-electron chi connectivity index (χ3n) is 5.59. The summed E-state index contributed by atoms with van der Waals surface area (Å²) in [5.74, 6) is 1.35. The van der Waals surface area contributed by atoms with E-state index in [9.17, 15) is 14.4 Å². The number of rotatable bonds is 10. The molecule has 11 heteroatoms. The number of hydrogen-bond acceptors (Lipinski definition) is 7. The van der Waals surface area contributed by atoms with Crippen LogP contribution in [0.2, 0.25) is 0 Å². The summed E-state index contributed by atoms with van der Waals surface area (Å²) >= 11 is 1.66. The second-order valence-corrected chi connectivity index (χ2v) is 8.85. The minimum absolute atomic E-state index is 0.120. The van der Waals surface area contributed by atoms with Gasteiger partial charge in [0, 0.05) is 6.20 Å². The van der Waals surface area contributed by atoms with Crippen molar-refractivity contribution in [2.24, 2.45) is 0 Å². The van der Waals surface area contributed by atoms with Crippen LogP contribution in [-0.4, -0.2) is 62.5 Å². The molecule has 4 amide bonds. The van der Waals surface area contributed by atoms with E-state index in [4.69, 9.17) is 4.74 Å². The van der Waals surface area contributed by atoms with E-state index in [1.165, 1.54) is 0 Å². The average Bonchev–Trinajstić information content (AvgIpc) is 3.39. The first-order valence-electron chi connectivity index (χ1n) is 10.8. The molecule has 178 valence electrons. The van der Waals surface area contributed by atoms with Crippen LogP contribution in [0.1, 0.15) is 30.3 Å². The maximum atomic E-state index is 12.9. The second kappa shape index (κ2) is 10.6. The van der Waals surface area contributed by atoms with Crippen LogP contribution in [0.15, 0.2) is 48.7 Å². The van der Waals surface area contributed by atoms with Gasteiger partial charge in [0.05, 0.1) is 26.1 Å². The zero-order valence-electron chi connectivity index (χ0n) is 18.9. The molecule has 0 spiro atoms. The van der Waals surface area contributed by atoms with Gasteiger partial charge in [-0.15, -0.1) is 10.2 Å².